The van der Waals surface area contributed by atoms with Crippen LogP contribution in [0.3, 0.4) is 0 Å². The summed E-state index contributed by atoms with van der Waals surface area (Å²) in [7, 11) is 0. The molecule has 7 heteroatoms. The second-order valence-electron chi connectivity index (χ2n) is 6.27. The molecule has 3 rings (SSSR count). The molecule has 0 saturated carbocycles. The molecule has 0 unspecified atom stereocenters. The Bertz CT molecular complexity index is 821. The first kappa shape index (κ1) is 17.5. The number of aromatic nitrogens is 2. The maximum atomic E-state index is 12.2. The lowest BCUT2D eigenvalue weighted by Crippen LogP contribution is -2.46. The van der Waals surface area contributed by atoms with E-state index < -0.39 is 0 Å². The summed E-state index contributed by atoms with van der Waals surface area (Å²) in [4.78, 5) is 32.7. The minimum absolute atomic E-state index is 0.00974. The maximum absolute atomic E-state index is 12.2. The van der Waals surface area contributed by atoms with Gasteiger partial charge >= 0.3 is 0 Å². The number of hydrogen-bond acceptors (Lipinski definition) is 4. The lowest BCUT2D eigenvalue weighted by atomic mass is 10.0. The fourth-order valence-corrected chi connectivity index (χ4v) is 3.28. The minimum Gasteiger partial charge on any atom is -0.376 e. The number of aromatic amines is 1. The monoisotopic (exact) mass is 360 g/mol. The van der Waals surface area contributed by atoms with Crippen LogP contribution < -0.4 is 10.9 Å². The van der Waals surface area contributed by atoms with Gasteiger partial charge in [-0.3, -0.25) is 14.6 Å². The van der Waals surface area contributed by atoms with Gasteiger partial charge in [0, 0.05) is 42.8 Å². The molecule has 0 aromatic carbocycles. The number of nitrogens with one attached hydrogen (secondary N) is 2. The number of nitrogens with zero attached hydrogens (tertiary/aromatic N) is 2. The van der Waals surface area contributed by atoms with Crippen LogP contribution in [0.5, 0.6) is 0 Å². The van der Waals surface area contributed by atoms with Crippen molar-refractivity contribution in [2.75, 3.05) is 24.3 Å². The number of pyridine rings is 2. The molecule has 0 bridgehead atoms. The molecule has 2 aromatic rings. The summed E-state index contributed by atoms with van der Waals surface area (Å²) < 4.78 is 0. The van der Waals surface area contributed by atoms with Gasteiger partial charge in [-0.15, -0.1) is 11.6 Å². The van der Waals surface area contributed by atoms with E-state index in [1.807, 2.05) is 25.1 Å². The zero-order chi connectivity index (χ0) is 17.8. The first-order valence-electron chi connectivity index (χ1n) is 8.33. The number of amides is 1. The number of halogens is 1. The Morgan fingerprint density at radius 3 is 3.04 bits per heavy atom. The van der Waals surface area contributed by atoms with E-state index in [1.54, 1.807) is 17.3 Å². The molecule has 3 heterocycles. The van der Waals surface area contributed by atoms with Gasteiger partial charge in [0.05, 0.1) is 0 Å². The highest BCUT2D eigenvalue weighted by Gasteiger charge is 2.23. The number of carbonyl (C=O) groups excluding carboxylic acids is 1. The van der Waals surface area contributed by atoms with Crippen LogP contribution in [0.2, 0.25) is 0 Å². The van der Waals surface area contributed by atoms with E-state index in [0.29, 0.717) is 12.2 Å². The summed E-state index contributed by atoms with van der Waals surface area (Å²) in [5.74, 6) is -0.0763. The van der Waals surface area contributed by atoms with Gasteiger partial charge in [0.2, 0.25) is 5.91 Å². The fraction of sp³-hybridized carbons (Fsp3) is 0.389. The second-order valence-corrected chi connectivity index (χ2v) is 6.54. The van der Waals surface area contributed by atoms with Crippen molar-refractivity contribution in [2.45, 2.75) is 25.8 Å². The van der Waals surface area contributed by atoms with E-state index in [9.17, 15) is 9.59 Å². The summed E-state index contributed by atoms with van der Waals surface area (Å²) >= 11 is 5.65. The summed E-state index contributed by atoms with van der Waals surface area (Å²) in [6.45, 7) is 3.21. The van der Waals surface area contributed by atoms with Crippen LogP contribution in [0.25, 0.3) is 11.1 Å². The summed E-state index contributed by atoms with van der Waals surface area (Å²) in [6.07, 6.45) is 5.25. The van der Waals surface area contributed by atoms with Crippen molar-refractivity contribution in [1.82, 2.24) is 14.9 Å². The average molecular weight is 361 g/mol. The molecule has 6 nitrogen and oxygen atoms in total. The van der Waals surface area contributed by atoms with Crippen molar-refractivity contribution in [3.05, 3.63) is 46.6 Å². The number of anilines is 1. The van der Waals surface area contributed by atoms with Crippen LogP contribution in [0.15, 0.2) is 35.4 Å². The van der Waals surface area contributed by atoms with Gasteiger partial charge in [-0.1, -0.05) is 0 Å². The van der Waals surface area contributed by atoms with Gasteiger partial charge in [0.1, 0.15) is 11.6 Å². The van der Waals surface area contributed by atoms with Crippen LogP contribution in [0.4, 0.5) is 5.69 Å². The highest BCUT2D eigenvalue weighted by molar-refractivity contribution is 6.27. The molecular weight excluding hydrogens is 340 g/mol. The van der Waals surface area contributed by atoms with Crippen LogP contribution >= 0.6 is 11.6 Å². The second kappa shape index (κ2) is 7.70. The Balaban J connectivity index is 1.79. The van der Waals surface area contributed by atoms with Gasteiger partial charge < -0.3 is 15.2 Å². The van der Waals surface area contributed by atoms with Crippen molar-refractivity contribution >= 4 is 23.2 Å². The molecule has 2 aromatic heterocycles. The predicted octanol–water partition coefficient (Wildman–Crippen LogP) is 2.39. The largest absolute Gasteiger partial charge is 0.376 e. The Labute approximate surface area is 151 Å². The third kappa shape index (κ3) is 4.20. The molecular formula is C18H21ClN4O2. The highest BCUT2D eigenvalue weighted by atomic mass is 35.5. The number of alkyl halides is 1. The number of carbonyl (C=O) groups is 1. The molecule has 25 heavy (non-hydrogen) atoms. The van der Waals surface area contributed by atoms with E-state index in [0.717, 1.165) is 36.2 Å². The van der Waals surface area contributed by atoms with Gasteiger partial charge in [-0.05, 0) is 43.5 Å². The summed E-state index contributed by atoms with van der Waals surface area (Å²) in [6, 6.07) is 5.76. The molecule has 0 aliphatic carbocycles. The van der Waals surface area contributed by atoms with Crippen LogP contribution in [-0.2, 0) is 4.79 Å². The molecule has 1 saturated heterocycles. The quantitative estimate of drug-likeness (QED) is 0.821. The molecule has 1 aliphatic rings. The third-order valence-electron chi connectivity index (χ3n) is 4.38. The van der Waals surface area contributed by atoms with E-state index in [-0.39, 0.29) is 23.4 Å². The number of rotatable bonds is 4. The molecule has 1 amide bonds. The zero-order valence-electron chi connectivity index (χ0n) is 14.1. The maximum Gasteiger partial charge on any atom is 0.271 e. The van der Waals surface area contributed by atoms with Crippen molar-refractivity contribution in [3.63, 3.8) is 0 Å². The van der Waals surface area contributed by atoms with Crippen molar-refractivity contribution in [2.24, 2.45) is 0 Å². The van der Waals surface area contributed by atoms with E-state index in [1.165, 1.54) is 0 Å². The average Bonchev–Trinajstić information content (AvgIpc) is 2.63. The number of aryl methyl sites for hydroxylation is 1. The standard InChI is InChI=1S/C18H21ClN4O2/c1-12-7-13(4-5-20-12)14-8-16(18(25)21-10-14)22-15-3-2-6-23(11-15)17(24)9-19/h4-5,7-8,10,15,22H,2-3,6,9,11H2,1H3,(H,21,25)/t15-/m1/s1. The van der Waals surface area contributed by atoms with Crippen molar-refractivity contribution in [1.29, 1.82) is 0 Å². The summed E-state index contributed by atoms with van der Waals surface area (Å²) in [5, 5.41) is 3.29. The number of likely N-dealkylation sites (tertiary alicyclic amines) is 1. The number of H-pyrrole nitrogens is 1. The Hall–Kier alpha value is -2.34. The Kier molecular flexibility index (Phi) is 5.38. The Morgan fingerprint density at radius 2 is 2.28 bits per heavy atom. The zero-order valence-corrected chi connectivity index (χ0v) is 14.8. The predicted molar refractivity (Wildman–Crippen MR) is 99.0 cm³/mol. The van der Waals surface area contributed by atoms with Gasteiger partial charge in [-0.2, -0.15) is 0 Å². The minimum atomic E-state index is -0.171. The normalized spacial score (nSPS) is 17.4. The van der Waals surface area contributed by atoms with E-state index in [2.05, 4.69) is 15.3 Å². The first-order valence-corrected chi connectivity index (χ1v) is 8.86. The van der Waals surface area contributed by atoms with Crippen molar-refractivity contribution in [3.8, 4) is 11.1 Å². The number of hydrogen-bond donors (Lipinski definition) is 2. The van der Waals surface area contributed by atoms with E-state index >= 15 is 0 Å². The van der Waals surface area contributed by atoms with Gasteiger partial charge in [0.15, 0.2) is 0 Å². The topological polar surface area (TPSA) is 78.1 Å². The Morgan fingerprint density at radius 1 is 1.44 bits per heavy atom. The molecule has 132 valence electrons. The SMILES string of the molecule is Cc1cc(-c2c[nH]c(=O)c(N[C@@H]3CCCN(C(=O)CCl)C3)c2)ccn1. The van der Waals surface area contributed by atoms with Crippen LogP contribution in [0, 0.1) is 6.92 Å². The third-order valence-corrected chi connectivity index (χ3v) is 4.61. The van der Waals surface area contributed by atoms with E-state index in [4.69, 9.17) is 11.6 Å². The van der Waals surface area contributed by atoms with Gasteiger partial charge in [0.25, 0.3) is 5.56 Å². The van der Waals surface area contributed by atoms with Crippen molar-refractivity contribution < 1.29 is 4.79 Å². The lowest BCUT2D eigenvalue weighted by molar-refractivity contribution is -0.129. The lowest BCUT2D eigenvalue weighted by Gasteiger charge is -2.33. The van der Waals surface area contributed by atoms with Crippen LogP contribution in [-0.4, -0.2) is 45.8 Å². The van der Waals surface area contributed by atoms with Gasteiger partial charge in [-0.25, -0.2) is 0 Å². The molecule has 1 atom stereocenters. The molecule has 2 N–H and O–H groups in total. The molecule has 1 fully saturated rings. The smallest absolute Gasteiger partial charge is 0.271 e. The molecule has 1 aliphatic heterocycles. The fourth-order valence-electron chi connectivity index (χ4n) is 3.11. The van der Waals surface area contributed by atoms with Crippen LogP contribution in [0.1, 0.15) is 18.5 Å². The molecule has 0 spiro atoms. The first-order chi connectivity index (χ1) is 12.1. The highest BCUT2D eigenvalue weighted by Crippen LogP contribution is 2.21. The molecule has 0 radical (unpaired) electrons. The number of piperidine rings is 1. The summed E-state index contributed by atoms with van der Waals surface area (Å²) in [5.41, 5.74) is 3.17.